The molecule has 3 rings (SSSR count). The lowest BCUT2D eigenvalue weighted by molar-refractivity contribution is 0.320. The molecule has 0 unspecified atom stereocenters. The standard InChI is InChI=1S/C11H16N2O/c1-13-5-9-8(4-12)11(7-2-3-7)14-10(9)6-13/h7H,2-6,12H2,1H3. The van der Waals surface area contributed by atoms with Crippen LogP contribution in [0, 0.1) is 0 Å². The molecular weight excluding hydrogens is 176 g/mol. The van der Waals surface area contributed by atoms with Crippen LogP contribution in [0.1, 0.15) is 41.4 Å². The fraction of sp³-hybridized carbons (Fsp3) is 0.636. The minimum atomic E-state index is 0.637. The largest absolute Gasteiger partial charge is 0.464 e. The van der Waals surface area contributed by atoms with E-state index in [-0.39, 0.29) is 0 Å². The molecule has 0 saturated heterocycles. The van der Waals surface area contributed by atoms with Crippen molar-refractivity contribution in [3.8, 4) is 0 Å². The summed E-state index contributed by atoms with van der Waals surface area (Å²) in [5.41, 5.74) is 8.47. The maximum atomic E-state index is 5.92. The molecule has 2 N–H and O–H groups in total. The molecule has 0 atom stereocenters. The molecule has 0 aromatic carbocycles. The van der Waals surface area contributed by atoms with E-state index in [1.807, 2.05) is 0 Å². The second kappa shape index (κ2) is 2.84. The summed E-state index contributed by atoms with van der Waals surface area (Å²) in [6.45, 7) is 2.60. The highest BCUT2D eigenvalue weighted by atomic mass is 16.3. The third kappa shape index (κ3) is 1.12. The third-order valence-corrected chi connectivity index (χ3v) is 3.23. The molecule has 3 nitrogen and oxygen atoms in total. The predicted octanol–water partition coefficient (Wildman–Crippen LogP) is 1.56. The van der Waals surface area contributed by atoms with Gasteiger partial charge in [0, 0.05) is 30.1 Å². The zero-order chi connectivity index (χ0) is 9.71. The van der Waals surface area contributed by atoms with Crippen molar-refractivity contribution in [2.75, 3.05) is 7.05 Å². The lowest BCUT2D eigenvalue weighted by atomic mass is 10.1. The molecule has 3 heteroatoms. The second-order valence-corrected chi connectivity index (χ2v) is 4.50. The van der Waals surface area contributed by atoms with Crippen molar-refractivity contribution in [2.24, 2.45) is 5.73 Å². The van der Waals surface area contributed by atoms with Crippen LogP contribution in [0.4, 0.5) is 0 Å². The summed E-state index contributed by atoms with van der Waals surface area (Å²) in [6.07, 6.45) is 2.57. The van der Waals surface area contributed by atoms with Crippen molar-refractivity contribution in [3.05, 3.63) is 22.6 Å². The van der Waals surface area contributed by atoms with Crippen molar-refractivity contribution in [3.63, 3.8) is 0 Å². The first kappa shape index (κ1) is 8.50. The Morgan fingerprint density at radius 3 is 2.86 bits per heavy atom. The normalized spacial score (nSPS) is 21.6. The van der Waals surface area contributed by atoms with Crippen molar-refractivity contribution in [2.45, 2.75) is 38.4 Å². The van der Waals surface area contributed by atoms with Gasteiger partial charge in [0.2, 0.25) is 0 Å². The molecule has 2 heterocycles. The molecule has 1 aromatic heterocycles. The molecule has 2 aliphatic rings. The first-order valence-corrected chi connectivity index (χ1v) is 5.31. The zero-order valence-electron chi connectivity index (χ0n) is 8.55. The van der Waals surface area contributed by atoms with Gasteiger partial charge in [0.1, 0.15) is 11.5 Å². The zero-order valence-corrected chi connectivity index (χ0v) is 8.55. The predicted molar refractivity (Wildman–Crippen MR) is 53.7 cm³/mol. The molecule has 0 amide bonds. The summed E-state index contributed by atoms with van der Waals surface area (Å²) in [4.78, 5) is 2.27. The van der Waals surface area contributed by atoms with E-state index in [0.29, 0.717) is 12.5 Å². The number of hydrogen-bond donors (Lipinski definition) is 1. The topological polar surface area (TPSA) is 42.4 Å². The molecule has 76 valence electrons. The number of furan rings is 1. The third-order valence-electron chi connectivity index (χ3n) is 3.23. The van der Waals surface area contributed by atoms with Crippen LogP contribution in [0.5, 0.6) is 0 Å². The van der Waals surface area contributed by atoms with E-state index < -0.39 is 0 Å². The van der Waals surface area contributed by atoms with Gasteiger partial charge in [-0.3, -0.25) is 4.90 Å². The fourth-order valence-corrected chi connectivity index (χ4v) is 2.35. The number of fused-ring (bicyclic) bond motifs is 1. The van der Waals surface area contributed by atoms with Gasteiger partial charge >= 0.3 is 0 Å². The first-order chi connectivity index (χ1) is 6.79. The lowest BCUT2D eigenvalue weighted by Gasteiger charge is -2.07. The van der Waals surface area contributed by atoms with Gasteiger partial charge in [0.25, 0.3) is 0 Å². The Balaban J connectivity index is 2.04. The van der Waals surface area contributed by atoms with Crippen LogP contribution < -0.4 is 5.73 Å². The van der Waals surface area contributed by atoms with Crippen LogP contribution >= 0.6 is 0 Å². The summed E-state index contributed by atoms with van der Waals surface area (Å²) in [7, 11) is 2.12. The van der Waals surface area contributed by atoms with Gasteiger partial charge in [-0.25, -0.2) is 0 Å². The van der Waals surface area contributed by atoms with E-state index in [1.54, 1.807) is 0 Å². The Hall–Kier alpha value is -0.800. The van der Waals surface area contributed by atoms with E-state index in [1.165, 1.54) is 29.7 Å². The maximum absolute atomic E-state index is 5.92. The highest BCUT2D eigenvalue weighted by Crippen LogP contribution is 2.45. The average molecular weight is 192 g/mol. The van der Waals surface area contributed by atoms with Crippen molar-refractivity contribution in [1.29, 1.82) is 0 Å². The van der Waals surface area contributed by atoms with Crippen molar-refractivity contribution < 1.29 is 4.42 Å². The number of nitrogens with two attached hydrogens (primary N) is 1. The summed E-state index contributed by atoms with van der Waals surface area (Å²) in [5, 5.41) is 0. The smallest absolute Gasteiger partial charge is 0.123 e. The first-order valence-electron chi connectivity index (χ1n) is 5.31. The minimum Gasteiger partial charge on any atom is -0.464 e. The summed E-state index contributed by atoms with van der Waals surface area (Å²) in [5.74, 6) is 3.05. The van der Waals surface area contributed by atoms with E-state index in [9.17, 15) is 0 Å². The molecule has 14 heavy (non-hydrogen) atoms. The van der Waals surface area contributed by atoms with Gasteiger partial charge in [-0.05, 0) is 19.9 Å². The monoisotopic (exact) mass is 192 g/mol. The molecule has 1 aliphatic carbocycles. The van der Waals surface area contributed by atoms with Crippen molar-refractivity contribution >= 4 is 0 Å². The quantitative estimate of drug-likeness (QED) is 0.773. The Morgan fingerprint density at radius 1 is 1.43 bits per heavy atom. The van der Waals surface area contributed by atoms with Gasteiger partial charge in [-0.2, -0.15) is 0 Å². The van der Waals surface area contributed by atoms with Crippen LogP contribution in [-0.2, 0) is 19.6 Å². The maximum Gasteiger partial charge on any atom is 0.123 e. The van der Waals surface area contributed by atoms with Gasteiger partial charge in [0.15, 0.2) is 0 Å². The van der Waals surface area contributed by atoms with Crippen molar-refractivity contribution in [1.82, 2.24) is 4.90 Å². The Kier molecular flexibility index (Phi) is 1.73. The van der Waals surface area contributed by atoms with Crippen LogP contribution in [0.2, 0.25) is 0 Å². The Morgan fingerprint density at radius 2 is 2.21 bits per heavy atom. The number of hydrogen-bond acceptors (Lipinski definition) is 3. The molecular formula is C11H16N2O. The number of rotatable bonds is 2. The van der Waals surface area contributed by atoms with Gasteiger partial charge in [-0.15, -0.1) is 0 Å². The van der Waals surface area contributed by atoms with E-state index >= 15 is 0 Å². The molecule has 1 aromatic rings. The van der Waals surface area contributed by atoms with E-state index in [0.717, 1.165) is 18.8 Å². The summed E-state index contributed by atoms with van der Waals surface area (Å²) in [6, 6.07) is 0. The second-order valence-electron chi connectivity index (χ2n) is 4.50. The number of nitrogens with zero attached hydrogens (tertiary/aromatic N) is 1. The highest BCUT2D eigenvalue weighted by molar-refractivity contribution is 5.38. The van der Waals surface area contributed by atoms with Crippen LogP contribution in [0.25, 0.3) is 0 Å². The van der Waals surface area contributed by atoms with Crippen LogP contribution in [0.15, 0.2) is 4.42 Å². The lowest BCUT2D eigenvalue weighted by Crippen LogP contribution is -2.10. The average Bonchev–Trinajstić information content (AvgIpc) is 2.85. The molecule has 1 fully saturated rings. The molecule has 1 aliphatic heterocycles. The SMILES string of the molecule is CN1Cc2oc(C3CC3)c(CN)c2C1. The molecule has 0 bridgehead atoms. The Bertz CT molecular complexity index is 366. The fourth-order valence-electron chi connectivity index (χ4n) is 2.35. The van der Waals surface area contributed by atoms with E-state index in [4.69, 9.17) is 10.2 Å². The summed E-state index contributed by atoms with van der Waals surface area (Å²) < 4.78 is 5.92. The van der Waals surface area contributed by atoms with Gasteiger partial charge in [-0.1, -0.05) is 0 Å². The Labute approximate surface area is 83.9 Å². The molecule has 0 radical (unpaired) electrons. The van der Waals surface area contributed by atoms with E-state index in [2.05, 4.69) is 11.9 Å². The van der Waals surface area contributed by atoms with Gasteiger partial charge in [0.05, 0.1) is 6.54 Å². The summed E-state index contributed by atoms with van der Waals surface area (Å²) >= 11 is 0. The minimum absolute atomic E-state index is 0.637. The van der Waals surface area contributed by atoms with Crippen LogP contribution in [0.3, 0.4) is 0 Å². The van der Waals surface area contributed by atoms with Crippen LogP contribution in [-0.4, -0.2) is 11.9 Å². The molecule has 1 saturated carbocycles. The molecule has 0 spiro atoms. The highest BCUT2D eigenvalue weighted by Gasteiger charge is 2.34. The van der Waals surface area contributed by atoms with Gasteiger partial charge < -0.3 is 10.2 Å².